The molecule has 0 fully saturated rings. The van der Waals surface area contributed by atoms with Crippen LogP contribution in [0.2, 0.25) is 0 Å². The van der Waals surface area contributed by atoms with Gasteiger partial charge in [-0.05, 0) is 24.8 Å². The van der Waals surface area contributed by atoms with Gasteiger partial charge in [0, 0.05) is 12.7 Å². The molecule has 0 aliphatic heterocycles. The van der Waals surface area contributed by atoms with Crippen LogP contribution in [0.25, 0.3) is 22.2 Å². The molecule has 0 spiro atoms. The van der Waals surface area contributed by atoms with E-state index in [1.54, 1.807) is 18.7 Å². The molecule has 0 aliphatic carbocycles. The number of H-pyrrole nitrogens is 1. The van der Waals surface area contributed by atoms with Crippen LogP contribution in [0.4, 0.5) is 0 Å². The molecule has 0 aromatic carbocycles. The largest absolute Gasteiger partial charge is 0.341 e. The van der Waals surface area contributed by atoms with Crippen LogP contribution >= 0.6 is 11.8 Å². The van der Waals surface area contributed by atoms with Crippen molar-refractivity contribution >= 4 is 34.0 Å². The molecule has 4 heterocycles. The summed E-state index contributed by atoms with van der Waals surface area (Å²) < 4.78 is 2.14. The van der Waals surface area contributed by atoms with Crippen molar-refractivity contribution in [3.63, 3.8) is 0 Å². The zero-order valence-corrected chi connectivity index (χ0v) is 12.0. The Morgan fingerprint density at radius 3 is 3.14 bits per heavy atom. The molecule has 0 atom stereocenters. The van der Waals surface area contributed by atoms with Gasteiger partial charge in [-0.1, -0.05) is 0 Å². The van der Waals surface area contributed by atoms with Crippen LogP contribution < -0.4 is 0 Å². The molecule has 7 nitrogen and oxygen atoms in total. The number of aromatic amines is 1. The minimum atomic E-state index is 0.660. The van der Waals surface area contributed by atoms with Gasteiger partial charge in [0.25, 0.3) is 0 Å². The summed E-state index contributed by atoms with van der Waals surface area (Å²) in [6.07, 6.45) is 6.70. The van der Waals surface area contributed by atoms with E-state index >= 15 is 0 Å². The van der Waals surface area contributed by atoms with E-state index < -0.39 is 0 Å². The number of pyridine rings is 1. The summed E-state index contributed by atoms with van der Waals surface area (Å²) in [7, 11) is 0. The third-order valence-electron chi connectivity index (χ3n) is 3.21. The molecule has 8 heteroatoms. The van der Waals surface area contributed by atoms with E-state index in [2.05, 4.69) is 41.4 Å². The number of nitrogens with zero attached hydrogens (tertiary/aromatic N) is 6. The minimum Gasteiger partial charge on any atom is -0.341 e. The third kappa shape index (κ3) is 1.95. The predicted octanol–water partition coefficient (Wildman–Crippen LogP) is 2.27. The Morgan fingerprint density at radius 2 is 2.24 bits per heavy atom. The number of imidazole rings is 2. The van der Waals surface area contributed by atoms with Crippen LogP contribution in [0.15, 0.2) is 41.3 Å². The van der Waals surface area contributed by atoms with Crippen molar-refractivity contribution in [3.8, 4) is 0 Å². The number of nitrogens with one attached hydrogen (secondary N) is 1. The summed E-state index contributed by atoms with van der Waals surface area (Å²) in [5.41, 5.74) is 3.45. The quantitative estimate of drug-likeness (QED) is 0.584. The number of hydrogen-bond acceptors (Lipinski definition) is 6. The normalized spacial score (nSPS) is 11.5. The zero-order valence-electron chi connectivity index (χ0n) is 11.2. The monoisotopic (exact) mass is 297 g/mol. The topological polar surface area (TPSA) is 85.2 Å². The van der Waals surface area contributed by atoms with Crippen LogP contribution in [-0.4, -0.2) is 34.5 Å². The lowest BCUT2D eigenvalue weighted by Crippen LogP contribution is -1.97. The van der Waals surface area contributed by atoms with E-state index in [9.17, 15) is 0 Å². The van der Waals surface area contributed by atoms with E-state index in [1.165, 1.54) is 18.1 Å². The van der Waals surface area contributed by atoms with Crippen molar-refractivity contribution in [1.29, 1.82) is 0 Å². The highest BCUT2D eigenvalue weighted by Gasteiger charge is 2.14. The first-order valence-corrected chi connectivity index (χ1v) is 7.30. The van der Waals surface area contributed by atoms with E-state index in [1.807, 2.05) is 6.07 Å². The molecule has 4 aromatic heterocycles. The minimum absolute atomic E-state index is 0.660. The van der Waals surface area contributed by atoms with Gasteiger partial charge in [0.2, 0.25) is 0 Å². The highest BCUT2D eigenvalue weighted by atomic mass is 32.2. The van der Waals surface area contributed by atoms with E-state index in [-0.39, 0.29) is 0 Å². The molecule has 0 unspecified atom stereocenters. The first-order chi connectivity index (χ1) is 10.4. The second-order valence-electron chi connectivity index (χ2n) is 4.39. The van der Waals surface area contributed by atoms with Gasteiger partial charge in [-0.2, -0.15) is 0 Å². The van der Waals surface area contributed by atoms with Crippen molar-refractivity contribution in [2.24, 2.45) is 0 Å². The van der Waals surface area contributed by atoms with Crippen LogP contribution in [0.1, 0.15) is 6.92 Å². The standard InChI is InChI=1S/C13H11N7S/c1-2-20-9-3-4-14-5-8(9)19-13(20)21-12-10-11(16-6-15-10)17-7-18-12/h3-7H,2H2,1H3,(H,15,16,17,18). The fraction of sp³-hybridized carbons (Fsp3) is 0.154. The summed E-state index contributed by atoms with van der Waals surface area (Å²) >= 11 is 1.50. The molecule has 0 saturated carbocycles. The van der Waals surface area contributed by atoms with Crippen molar-refractivity contribution in [3.05, 3.63) is 31.1 Å². The number of hydrogen-bond donors (Lipinski definition) is 1. The molecule has 0 radical (unpaired) electrons. The molecule has 0 amide bonds. The summed E-state index contributed by atoms with van der Waals surface area (Å²) in [4.78, 5) is 24.4. The van der Waals surface area contributed by atoms with E-state index in [4.69, 9.17) is 0 Å². The number of aromatic nitrogens is 7. The van der Waals surface area contributed by atoms with Crippen molar-refractivity contribution < 1.29 is 0 Å². The first-order valence-electron chi connectivity index (χ1n) is 6.49. The van der Waals surface area contributed by atoms with Gasteiger partial charge >= 0.3 is 0 Å². The Morgan fingerprint density at radius 1 is 1.29 bits per heavy atom. The maximum atomic E-state index is 4.64. The van der Waals surface area contributed by atoms with Gasteiger partial charge in [0.15, 0.2) is 10.8 Å². The van der Waals surface area contributed by atoms with Crippen LogP contribution in [0, 0.1) is 0 Å². The van der Waals surface area contributed by atoms with Gasteiger partial charge in [0.05, 0.1) is 18.0 Å². The maximum absolute atomic E-state index is 4.64. The van der Waals surface area contributed by atoms with Gasteiger partial charge in [0.1, 0.15) is 22.4 Å². The second-order valence-corrected chi connectivity index (χ2v) is 5.34. The molecule has 21 heavy (non-hydrogen) atoms. The molecule has 0 saturated heterocycles. The van der Waals surface area contributed by atoms with E-state index in [0.717, 1.165) is 33.3 Å². The smallest absolute Gasteiger partial charge is 0.181 e. The Hall–Kier alpha value is -2.48. The molecule has 0 aliphatic rings. The summed E-state index contributed by atoms with van der Waals surface area (Å²) in [5.74, 6) is 0. The average Bonchev–Trinajstić information content (AvgIpc) is 3.11. The zero-order chi connectivity index (χ0) is 14.2. The Bertz CT molecular complexity index is 926. The molecule has 0 bridgehead atoms. The third-order valence-corrected chi connectivity index (χ3v) is 4.21. The summed E-state index contributed by atoms with van der Waals surface area (Å²) in [5, 5.41) is 1.70. The van der Waals surface area contributed by atoms with Crippen LogP contribution in [0.3, 0.4) is 0 Å². The van der Waals surface area contributed by atoms with Gasteiger partial charge in [-0.25, -0.2) is 19.9 Å². The molecular weight excluding hydrogens is 286 g/mol. The molecule has 4 rings (SSSR count). The SMILES string of the molecule is CCn1c(Sc2ncnc3nc[nH]c23)nc2cnccc21. The average molecular weight is 297 g/mol. The Kier molecular flexibility index (Phi) is 2.81. The highest BCUT2D eigenvalue weighted by Crippen LogP contribution is 2.31. The van der Waals surface area contributed by atoms with Crippen molar-refractivity contribution in [2.45, 2.75) is 23.7 Å². The number of aryl methyl sites for hydroxylation is 1. The molecule has 104 valence electrons. The second kappa shape index (κ2) is 4.81. The maximum Gasteiger partial charge on any atom is 0.181 e. The fourth-order valence-electron chi connectivity index (χ4n) is 2.25. The number of fused-ring (bicyclic) bond motifs is 2. The lowest BCUT2D eigenvalue weighted by molar-refractivity contribution is 0.702. The van der Waals surface area contributed by atoms with Crippen molar-refractivity contribution in [2.75, 3.05) is 0 Å². The van der Waals surface area contributed by atoms with Crippen LogP contribution in [0.5, 0.6) is 0 Å². The number of rotatable bonds is 3. The molecule has 4 aromatic rings. The molecular formula is C13H11N7S. The summed E-state index contributed by atoms with van der Waals surface area (Å²) in [6.45, 7) is 2.93. The van der Waals surface area contributed by atoms with Crippen LogP contribution in [-0.2, 0) is 6.54 Å². The predicted molar refractivity (Wildman–Crippen MR) is 79.0 cm³/mol. The van der Waals surface area contributed by atoms with Crippen molar-refractivity contribution in [1.82, 2.24) is 34.5 Å². The fourth-order valence-corrected chi connectivity index (χ4v) is 3.26. The Balaban J connectivity index is 1.85. The van der Waals surface area contributed by atoms with Gasteiger partial charge in [-0.15, -0.1) is 0 Å². The first kappa shape index (κ1) is 12.3. The summed E-state index contributed by atoms with van der Waals surface area (Å²) in [6, 6.07) is 1.97. The van der Waals surface area contributed by atoms with E-state index in [0.29, 0.717) is 5.65 Å². The Labute approximate surface area is 123 Å². The lowest BCUT2D eigenvalue weighted by atomic mass is 10.4. The van der Waals surface area contributed by atoms with Gasteiger partial charge in [-0.3, -0.25) is 4.98 Å². The lowest BCUT2D eigenvalue weighted by Gasteiger charge is -2.05. The van der Waals surface area contributed by atoms with Gasteiger partial charge < -0.3 is 9.55 Å². The molecule has 1 N–H and O–H groups in total. The highest BCUT2D eigenvalue weighted by molar-refractivity contribution is 7.99.